The van der Waals surface area contributed by atoms with Crippen molar-refractivity contribution in [1.82, 2.24) is 0 Å². The second kappa shape index (κ2) is 10.4. The molecule has 2 aliphatic carbocycles. The Bertz CT molecular complexity index is 2760. The highest BCUT2D eigenvalue weighted by Gasteiger charge is 2.52. The van der Waals surface area contributed by atoms with Crippen molar-refractivity contribution in [3.05, 3.63) is 226 Å². The van der Waals surface area contributed by atoms with E-state index in [1.807, 2.05) is 0 Å². The number of hydrogen-bond acceptors (Lipinski definition) is 3. The number of para-hydroxylation sites is 4. The fraction of sp³-hybridized carbons (Fsp3) is 0.0400. The van der Waals surface area contributed by atoms with E-state index < -0.39 is 10.8 Å². The van der Waals surface area contributed by atoms with Gasteiger partial charge >= 0.3 is 0 Å². The molecule has 0 amide bonds. The maximum atomic E-state index is 6.56. The third-order valence-electron chi connectivity index (χ3n) is 12.0. The van der Waals surface area contributed by atoms with E-state index in [0.29, 0.717) is 0 Å². The molecule has 12 rings (SSSR count). The molecule has 8 aromatic carbocycles. The molecule has 0 unspecified atom stereocenters. The Morgan fingerprint density at radius 1 is 0.283 bits per heavy atom. The van der Waals surface area contributed by atoms with Crippen LogP contribution in [0.3, 0.4) is 0 Å². The van der Waals surface area contributed by atoms with Gasteiger partial charge in [-0.25, -0.2) is 0 Å². The zero-order valence-electron chi connectivity index (χ0n) is 28.6. The SMILES string of the molecule is c1ccc2c(c1)Oc1ccccc1C21c2ccccc2-c2cc(Nc3ccc4c(c3)C3(c5ccccc5Oc5ccccc53)c3ccccc3-4)ccc21. The highest BCUT2D eigenvalue weighted by Crippen LogP contribution is 2.64. The summed E-state index contributed by atoms with van der Waals surface area (Å²) in [4.78, 5) is 0. The van der Waals surface area contributed by atoms with Crippen LogP contribution in [0.25, 0.3) is 22.3 Å². The summed E-state index contributed by atoms with van der Waals surface area (Å²) in [6, 6.07) is 65.6. The molecule has 1 N–H and O–H groups in total. The smallest absolute Gasteiger partial charge is 0.132 e. The highest BCUT2D eigenvalue weighted by molar-refractivity contribution is 5.92. The molecule has 53 heavy (non-hydrogen) atoms. The van der Waals surface area contributed by atoms with Crippen molar-refractivity contribution in [3.8, 4) is 45.3 Å². The van der Waals surface area contributed by atoms with Gasteiger partial charge in [0.05, 0.1) is 10.8 Å². The molecule has 0 atom stereocenters. The molecule has 0 bridgehead atoms. The average molecular weight is 678 g/mol. The molecule has 4 aliphatic rings. The van der Waals surface area contributed by atoms with Crippen LogP contribution in [-0.2, 0) is 10.8 Å². The van der Waals surface area contributed by atoms with Crippen molar-refractivity contribution in [2.75, 3.05) is 5.32 Å². The molecule has 248 valence electrons. The average Bonchev–Trinajstić information content (AvgIpc) is 3.66. The number of benzene rings is 8. The van der Waals surface area contributed by atoms with E-state index in [2.05, 4.69) is 187 Å². The molecule has 3 heteroatoms. The molecule has 0 aromatic heterocycles. The van der Waals surface area contributed by atoms with Gasteiger partial charge in [-0.2, -0.15) is 0 Å². The van der Waals surface area contributed by atoms with Crippen molar-refractivity contribution in [3.63, 3.8) is 0 Å². The molecule has 0 fully saturated rings. The zero-order chi connectivity index (χ0) is 34.7. The Balaban J connectivity index is 1.04. The van der Waals surface area contributed by atoms with E-state index in [1.165, 1.54) is 66.8 Å². The summed E-state index contributed by atoms with van der Waals surface area (Å²) >= 11 is 0. The van der Waals surface area contributed by atoms with Crippen LogP contribution in [0.1, 0.15) is 44.5 Å². The summed E-state index contributed by atoms with van der Waals surface area (Å²) in [5.41, 5.74) is 15.8. The Morgan fingerprint density at radius 2 is 0.642 bits per heavy atom. The summed E-state index contributed by atoms with van der Waals surface area (Å²) in [6.07, 6.45) is 0. The third kappa shape index (κ3) is 3.59. The van der Waals surface area contributed by atoms with E-state index in [-0.39, 0.29) is 0 Å². The van der Waals surface area contributed by atoms with Crippen molar-refractivity contribution in [1.29, 1.82) is 0 Å². The van der Waals surface area contributed by atoms with Crippen molar-refractivity contribution in [2.45, 2.75) is 10.8 Å². The van der Waals surface area contributed by atoms with Gasteiger partial charge in [0.15, 0.2) is 0 Å². The molecule has 2 aliphatic heterocycles. The minimum atomic E-state index is -0.512. The maximum Gasteiger partial charge on any atom is 0.132 e. The number of rotatable bonds is 2. The summed E-state index contributed by atoms with van der Waals surface area (Å²) < 4.78 is 13.1. The van der Waals surface area contributed by atoms with Crippen molar-refractivity contribution >= 4 is 11.4 Å². The molecule has 2 spiro atoms. The van der Waals surface area contributed by atoms with Crippen molar-refractivity contribution < 1.29 is 9.47 Å². The lowest BCUT2D eigenvalue weighted by Gasteiger charge is -2.39. The molecule has 0 radical (unpaired) electrons. The molecule has 2 heterocycles. The standard InChI is InChI=1S/C50H31NO2/c1-3-15-37-33(13-1)35-27-25-32(30-44(35)50(37)42-19-7-11-23-47(42)53-48-24-12-8-20-43(48)50)51-31-26-28-39-36(29-31)34-14-2-4-16-38(34)49(39)40-17-5-9-21-45(40)52-46-22-10-6-18-41(46)49/h1-30,51H. The summed E-state index contributed by atoms with van der Waals surface area (Å²) in [5, 5.41) is 3.86. The highest BCUT2D eigenvalue weighted by atomic mass is 16.5. The van der Waals surface area contributed by atoms with E-state index in [0.717, 1.165) is 34.4 Å². The predicted octanol–water partition coefficient (Wildman–Crippen LogP) is 12.4. The van der Waals surface area contributed by atoms with Gasteiger partial charge in [-0.1, -0.05) is 133 Å². The van der Waals surface area contributed by atoms with Gasteiger partial charge in [-0.15, -0.1) is 0 Å². The quantitative estimate of drug-likeness (QED) is 0.198. The van der Waals surface area contributed by atoms with Gasteiger partial charge < -0.3 is 14.8 Å². The van der Waals surface area contributed by atoms with Gasteiger partial charge in [0.2, 0.25) is 0 Å². The summed E-state index contributed by atoms with van der Waals surface area (Å²) in [7, 11) is 0. The fourth-order valence-electron chi connectivity index (χ4n) is 10.0. The topological polar surface area (TPSA) is 30.5 Å². The molecular weight excluding hydrogens is 647 g/mol. The Kier molecular flexibility index (Phi) is 5.64. The van der Waals surface area contributed by atoms with Gasteiger partial charge in [0.1, 0.15) is 23.0 Å². The van der Waals surface area contributed by atoms with Crippen LogP contribution < -0.4 is 14.8 Å². The predicted molar refractivity (Wildman–Crippen MR) is 211 cm³/mol. The van der Waals surface area contributed by atoms with Gasteiger partial charge in [-0.3, -0.25) is 0 Å². The lowest BCUT2D eigenvalue weighted by atomic mass is 9.66. The fourth-order valence-corrected chi connectivity index (χ4v) is 10.0. The van der Waals surface area contributed by atoms with E-state index in [9.17, 15) is 0 Å². The minimum Gasteiger partial charge on any atom is -0.457 e. The van der Waals surface area contributed by atoms with E-state index in [1.54, 1.807) is 0 Å². The Hall–Kier alpha value is -6.84. The summed E-state index contributed by atoms with van der Waals surface area (Å²) in [6.45, 7) is 0. The van der Waals surface area contributed by atoms with Crippen LogP contribution in [0.2, 0.25) is 0 Å². The molecule has 0 saturated carbocycles. The molecule has 8 aromatic rings. The lowest BCUT2D eigenvalue weighted by molar-refractivity contribution is 0.436. The number of anilines is 2. The van der Waals surface area contributed by atoms with Gasteiger partial charge in [0, 0.05) is 33.6 Å². The maximum absolute atomic E-state index is 6.56. The first kappa shape index (κ1) is 28.8. The number of hydrogen-bond donors (Lipinski definition) is 1. The number of fused-ring (bicyclic) bond motifs is 18. The number of nitrogens with one attached hydrogen (secondary N) is 1. The first-order valence-corrected chi connectivity index (χ1v) is 18.3. The van der Waals surface area contributed by atoms with Crippen LogP contribution in [0.15, 0.2) is 182 Å². The molecular formula is C50H31NO2. The van der Waals surface area contributed by atoms with Crippen LogP contribution in [0.4, 0.5) is 11.4 Å². The monoisotopic (exact) mass is 677 g/mol. The van der Waals surface area contributed by atoms with Crippen LogP contribution in [-0.4, -0.2) is 0 Å². The minimum absolute atomic E-state index is 0.481. The van der Waals surface area contributed by atoms with E-state index >= 15 is 0 Å². The van der Waals surface area contributed by atoms with Crippen molar-refractivity contribution in [2.24, 2.45) is 0 Å². The largest absolute Gasteiger partial charge is 0.457 e. The van der Waals surface area contributed by atoms with Gasteiger partial charge in [0.25, 0.3) is 0 Å². The summed E-state index contributed by atoms with van der Waals surface area (Å²) in [5.74, 6) is 3.60. The van der Waals surface area contributed by atoms with E-state index in [4.69, 9.17) is 9.47 Å². The third-order valence-corrected chi connectivity index (χ3v) is 12.0. The normalized spacial score (nSPS) is 15.0. The lowest BCUT2D eigenvalue weighted by Crippen LogP contribution is -2.32. The second-order valence-electron chi connectivity index (χ2n) is 14.4. The second-order valence-corrected chi connectivity index (χ2v) is 14.4. The van der Waals surface area contributed by atoms with Crippen LogP contribution in [0.5, 0.6) is 23.0 Å². The first-order valence-electron chi connectivity index (χ1n) is 18.3. The Labute approximate surface area is 307 Å². The Morgan fingerprint density at radius 3 is 1.17 bits per heavy atom. The number of ether oxygens (including phenoxy) is 2. The molecule has 3 nitrogen and oxygen atoms in total. The van der Waals surface area contributed by atoms with Gasteiger partial charge in [-0.05, 0) is 93.0 Å². The van der Waals surface area contributed by atoms with Crippen LogP contribution >= 0.6 is 0 Å². The van der Waals surface area contributed by atoms with Crippen LogP contribution in [0, 0.1) is 0 Å². The zero-order valence-corrected chi connectivity index (χ0v) is 28.6. The first-order chi connectivity index (χ1) is 26.3. The molecule has 0 saturated heterocycles.